The fourth-order valence-corrected chi connectivity index (χ4v) is 2.07. The number of aromatic nitrogens is 2. The van der Waals surface area contributed by atoms with Gasteiger partial charge in [0, 0.05) is 25.5 Å². The second-order valence-electron chi connectivity index (χ2n) is 4.85. The van der Waals surface area contributed by atoms with E-state index in [9.17, 15) is 0 Å². The van der Waals surface area contributed by atoms with Crippen molar-refractivity contribution >= 4 is 0 Å². The summed E-state index contributed by atoms with van der Waals surface area (Å²) in [5.41, 5.74) is 8.05. The van der Waals surface area contributed by atoms with Crippen molar-refractivity contribution in [1.82, 2.24) is 9.97 Å². The lowest BCUT2D eigenvalue weighted by Gasteiger charge is -2.15. The Hall–Kier alpha value is -1.78. The predicted octanol–water partition coefficient (Wildman–Crippen LogP) is 2.49. The lowest BCUT2D eigenvalue weighted by molar-refractivity contribution is 0.129. The maximum absolute atomic E-state index is 5.94. The zero-order chi connectivity index (χ0) is 14.4. The molecule has 1 aromatic carbocycles. The molecule has 0 amide bonds. The van der Waals surface area contributed by atoms with Crippen LogP contribution in [0.4, 0.5) is 0 Å². The molecule has 2 aromatic rings. The number of hydrogen-bond acceptors (Lipinski definition) is 4. The van der Waals surface area contributed by atoms with Gasteiger partial charge in [0.25, 0.3) is 0 Å². The maximum atomic E-state index is 5.94. The molecule has 0 fully saturated rings. The number of hydrogen-bond donors (Lipinski definition) is 1. The van der Waals surface area contributed by atoms with Crippen molar-refractivity contribution in [2.75, 3.05) is 7.11 Å². The van der Waals surface area contributed by atoms with E-state index in [1.807, 2.05) is 42.7 Å². The molecule has 20 heavy (non-hydrogen) atoms. The van der Waals surface area contributed by atoms with E-state index in [1.54, 1.807) is 7.11 Å². The molecule has 2 rings (SSSR count). The van der Waals surface area contributed by atoms with E-state index in [4.69, 9.17) is 10.5 Å². The SMILES string of the molecule is CCC(N)Cc1cnc(C(OC)c2ccccc2)nc1. The summed E-state index contributed by atoms with van der Waals surface area (Å²) in [7, 11) is 1.67. The summed E-state index contributed by atoms with van der Waals surface area (Å²) >= 11 is 0. The minimum atomic E-state index is -0.231. The van der Waals surface area contributed by atoms with Crippen molar-refractivity contribution < 1.29 is 4.74 Å². The second-order valence-corrected chi connectivity index (χ2v) is 4.85. The second kappa shape index (κ2) is 7.12. The van der Waals surface area contributed by atoms with Gasteiger partial charge in [-0.15, -0.1) is 0 Å². The maximum Gasteiger partial charge on any atom is 0.161 e. The predicted molar refractivity (Wildman–Crippen MR) is 79.3 cm³/mol. The molecule has 4 nitrogen and oxygen atoms in total. The fraction of sp³-hybridized carbons (Fsp3) is 0.375. The zero-order valence-corrected chi connectivity index (χ0v) is 12.0. The average molecular weight is 271 g/mol. The van der Waals surface area contributed by atoms with E-state index < -0.39 is 0 Å². The van der Waals surface area contributed by atoms with Gasteiger partial charge in [0.1, 0.15) is 6.10 Å². The van der Waals surface area contributed by atoms with Crippen molar-refractivity contribution in [3.05, 3.63) is 59.7 Å². The van der Waals surface area contributed by atoms with Crippen LogP contribution in [0, 0.1) is 0 Å². The number of rotatable bonds is 6. The average Bonchev–Trinajstić information content (AvgIpc) is 2.50. The topological polar surface area (TPSA) is 61.0 Å². The van der Waals surface area contributed by atoms with Gasteiger partial charge in [0.2, 0.25) is 0 Å². The molecule has 2 atom stereocenters. The van der Waals surface area contributed by atoms with Crippen LogP contribution < -0.4 is 5.73 Å². The Balaban J connectivity index is 2.15. The van der Waals surface area contributed by atoms with Crippen LogP contribution in [0.25, 0.3) is 0 Å². The van der Waals surface area contributed by atoms with Gasteiger partial charge in [0.15, 0.2) is 5.82 Å². The van der Waals surface area contributed by atoms with Gasteiger partial charge in [0.05, 0.1) is 0 Å². The third kappa shape index (κ3) is 3.62. The molecule has 0 bridgehead atoms. The number of nitrogens with two attached hydrogens (primary N) is 1. The first-order valence-electron chi connectivity index (χ1n) is 6.88. The summed E-state index contributed by atoms with van der Waals surface area (Å²) in [5.74, 6) is 0.674. The molecule has 4 heteroatoms. The molecule has 0 radical (unpaired) electrons. The normalized spacial score (nSPS) is 13.9. The van der Waals surface area contributed by atoms with Crippen LogP contribution >= 0.6 is 0 Å². The highest BCUT2D eigenvalue weighted by atomic mass is 16.5. The highest BCUT2D eigenvalue weighted by Gasteiger charge is 2.16. The molecule has 1 aromatic heterocycles. The van der Waals surface area contributed by atoms with Crippen molar-refractivity contribution in [3.8, 4) is 0 Å². The van der Waals surface area contributed by atoms with Gasteiger partial charge in [-0.3, -0.25) is 0 Å². The van der Waals surface area contributed by atoms with Crippen LogP contribution in [0.1, 0.15) is 36.4 Å². The lowest BCUT2D eigenvalue weighted by atomic mass is 10.1. The summed E-state index contributed by atoms with van der Waals surface area (Å²) in [6, 6.07) is 10.1. The first kappa shape index (κ1) is 14.6. The third-order valence-electron chi connectivity index (χ3n) is 3.32. The first-order valence-corrected chi connectivity index (χ1v) is 6.88. The van der Waals surface area contributed by atoms with E-state index in [0.29, 0.717) is 5.82 Å². The van der Waals surface area contributed by atoms with E-state index in [2.05, 4.69) is 16.9 Å². The molecule has 0 saturated heterocycles. The smallest absolute Gasteiger partial charge is 0.161 e. The summed E-state index contributed by atoms with van der Waals surface area (Å²) in [5, 5.41) is 0. The van der Waals surface area contributed by atoms with Crippen LogP contribution in [-0.4, -0.2) is 23.1 Å². The van der Waals surface area contributed by atoms with Crippen molar-refractivity contribution in [2.24, 2.45) is 5.73 Å². The Morgan fingerprint density at radius 1 is 1.15 bits per heavy atom. The van der Waals surface area contributed by atoms with E-state index in [1.165, 1.54) is 0 Å². The van der Waals surface area contributed by atoms with E-state index in [-0.39, 0.29) is 12.1 Å². The Morgan fingerprint density at radius 3 is 2.35 bits per heavy atom. The molecular weight excluding hydrogens is 250 g/mol. The van der Waals surface area contributed by atoms with Gasteiger partial charge in [-0.1, -0.05) is 37.3 Å². The van der Waals surface area contributed by atoms with Crippen LogP contribution in [0.2, 0.25) is 0 Å². The molecule has 0 aliphatic rings. The van der Waals surface area contributed by atoms with E-state index in [0.717, 1.165) is 24.0 Å². The standard InChI is InChI=1S/C16H21N3O/c1-3-14(17)9-12-10-18-16(19-11-12)15(20-2)13-7-5-4-6-8-13/h4-8,10-11,14-15H,3,9,17H2,1-2H3. The number of ether oxygens (including phenoxy) is 1. The molecule has 0 saturated carbocycles. The van der Waals surface area contributed by atoms with Gasteiger partial charge in [-0.25, -0.2) is 9.97 Å². The van der Waals surface area contributed by atoms with Gasteiger partial charge in [-0.2, -0.15) is 0 Å². The third-order valence-corrected chi connectivity index (χ3v) is 3.32. The first-order chi connectivity index (χ1) is 9.74. The quantitative estimate of drug-likeness (QED) is 0.877. The highest BCUT2D eigenvalue weighted by molar-refractivity contribution is 5.23. The zero-order valence-electron chi connectivity index (χ0n) is 12.0. The summed E-state index contributed by atoms with van der Waals surface area (Å²) in [6.07, 6.45) is 5.20. The van der Waals surface area contributed by atoms with Crippen molar-refractivity contribution in [1.29, 1.82) is 0 Å². The van der Waals surface area contributed by atoms with Gasteiger partial charge >= 0.3 is 0 Å². The summed E-state index contributed by atoms with van der Waals surface area (Å²) in [4.78, 5) is 8.84. The number of benzene rings is 1. The van der Waals surface area contributed by atoms with Crippen LogP contribution in [0.5, 0.6) is 0 Å². The van der Waals surface area contributed by atoms with Crippen molar-refractivity contribution in [3.63, 3.8) is 0 Å². The molecule has 106 valence electrons. The highest BCUT2D eigenvalue weighted by Crippen LogP contribution is 2.21. The Bertz CT molecular complexity index is 513. The molecule has 0 spiro atoms. The molecule has 0 aliphatic carbocycles. The van der Waals surface area contributed by atoms with E-state index >= 15 is 0 Å². The Morgan fingerprint density at radius 2 is 1.80 bits per heavy atom. The van der Waals surface area contributed by atoms with Crippen LogP contribution in [-0.2, 0) is 11.2 Å². The number of methoxy groups -OCH3 is 1. The Kier molecular flexibility index (Phi) is 5.21. The van der Waals surface area contributed by atoms with Crippen LogP contribution in [0.15, 0.2) is 42.7 Å². The van der Waals surface area contributed by atoms with Crippen molar-refractivity contribution in [2.45, 2.75) is 31.9 Å². The molecule has 0 aliphatic heterocycles. The Labute approximate surface area is 120 Å². The largest absolute Gasteiger partial charge is 0.369 e. The monoisotopic (exact) mass is 271 g/mol. The minimum absolute atomic E-state index is 0.164. The summed E-state index contributed by atoms with van der Waals surface area (Å²) in [6.45, 7) is 2.08. The molecule has 2 unspecified atom stereocenters. The lowest BCUT2D eigenvalue weighted by Crippen LogP contribution is -2.21. The van der Waals surface area contributed by atoms with Gasteiger partial charge < -0.3 is 10.5 Å². The molecule has 2 N–H and O–H groups in total. The fourth-order valence-electron chi connectivity index (χ4n) is 2.07. The molecular formula is C16H21N3O. The van der Waals surface area contributed by atoms with Gasteiger partial charge in [-0.05, 0) is 24.0 Å². The van der Waals surface area contributed by atoms with Crippen LogP contribution in [0.3, 0.4) is 0 Å². The minimum Gasteiger partial charge on any atom is -0.369 e. The number of nitrogens with zero attached hydrogens (tertiary/aromatic N) is 2. The summed E-state index contributed by atoms with van der Waals surface area (Å²) < 4.78 is 5.51. The molecule has 1 heterocycles.